The van der Waals surface area contributed by atoms with Gasteiger partial charge >= 0.3 is 6.09 Å². The molecule has 1 aromatic carbocycles. The SMILES string of the molecule is CC(C)(C)OC(=O)NC(CN)(c1cc(Br)ccc1F)C(F)F. The average Bonchev–Trinajstić information content (AvgIpc) is 2.36. The summed E-state index contributed by atoms with van der Waals surface area (Å²) in [5.74, 6) is -0.898. The first kappa shape index (κ1) is 18.8. The Hall–Kier alpha value is -1.28. The second kappa shape index (κ2) is 6.87. The Morgan fingerprint density at radius 1 is 1.41 bits per heavy atom. The lowest BCUT2D eigenvalue weighted by molar-refractivity contribution is 0.00636. The number of benzene rings is 1. The number of halogens is 4. The van der Waals surface area contributed by atoms with Crippen LogP contribution < -0.4 is 11.1 Å². The maximum atomic E-state index is 14.0. The van der Waals surface area contributed by atoms with Gasteiger partial charge in [0.1, 0.15) is 17.0 Å². The van der Waals surface area contributed by atoms with Crippen LogP contribution >= 0.6 is 15.9 Å². The van der Waals surface area contributed by atoms with Crippen LogP contribution in [0.25, 0.3) is 0 Å². The Morgan fingerprint density at radius 2 is 2.00 bits per heavy atom. The van der Waals surface area contributed by atoms with E-state index in [0.717, 1.165) is 12.1 Å². The first-order valence-electron chi connectivity index (χ1n) is 6.47. The van der Waals surface area contributed by atoms with Crippen LogP contribution in [-0.2, 0) is 10.3 Å². The summed E-state index contributed by atoms with van der Waals surface area (Å²) >= 11 is 3.09. The molecule has 0 radical (unpaired) electrons. The molecule has 0 saturated carbocycles. The molecule has 124 valence electrons. The van der Waals surface area contributed by atoms with Crippen molar-refractivity contribution in [3.05, 3.63) is 34.1 Å². The zero-order valence-electron chi connectivity index (χ0n) is 12.4. The Bertz CT molecular complexity index is 549. The van der Waals surface area contributed by atoms with Crippen molar-refractivity contribution in [2.24, 2.45) is 5.73 Å². The molecule has 1 rings (SSSR count). The summed E-state index contributed by atoms with van der Waals surface area (Å²) in [6.07, 6.45) is -4.23. The number of alkyl carbamates (subject to hydrolysis) is 1. The van der Waals surface area contributed by atoms with Crippen LogP contribution in [0.2, 0.25) is 0 Å². The number of carbonyl (C=O) groups is 1. The minimum absolute atomic E-state index is 0.383. The van der Waals surface area contributed by atoms with Gasteiger partial charge in [-0.3, -0.25) is 0 Å². The van der Waals surface area contributed by atoms with Crippen molar-refractivity contribution in [2.75, 3.05) is 6.54 Å². The fourth-order valence-corrected chi connectivity index (χ4v) is 2.18. The predicted molar refractivity (Wildman–Crippen MR) is 80.2 cm³/mol. The smallest absolute Gasteiger partial charge is 0.408 e. The third kappa shape index (κ3) is 4.36. The van der Waals surface area contributed by atoms with Crippen LogP contribution in [0.5, 0.6) is 0 Å². The number of amides is 1. The van der Waals surface area contributed by atoms with Crippen molar-refractivity contribution >= 4 is 22.0 Å². The summed E-state index contributed by atoms with van der Waals surface area (Å²) in [5.41, 5.74) is 1.76. The lowest BCUT2D eigenvalue weighted by Gasteiger charge is -2.34. The highest BCUT2D eigenvalue weighted by Gasteiger charge is 2.45. The Labute approximate surface area is 135 Å². The maximum absolute atomic E-state index is 14.0. The molecule has 0 aliphatic rings. The lowest BCUT2D eigenvalue weighted by Crippen LogP contribution is -2.57. The molecule has 0 fully saturated rings. The van der Waals surface area contributed by atoms with E-state index in [9.17, 15) is 18.0 Å². The molecule has 0 aromatic heterocycles. The monoisotopic (exact) mass is 382 g/mol. The molecule has 0 bridgehead atoms. The number of ether oxygens (including phenoxy) is 1. The standard InChI is InChI=1S/C14H18BrF3N2O2/c1-13(2,3)22-12(21)20-14(7-19,11(17)18)9-6-8(15)4-5-10(9)16/h4-6,11H,7,19H2,1-3H3,(H,20,21). The first-order valence-corrected chi connectivity index (χ1v) is 7.26. The van der Waals surface area contributed by atoms with Crippen LogP contribution in [0.1, 0.15) is 26.3 Å². The van der Waals surface area contributed by atoms with Crippen molar-refractivity contribution in [2.45, 2.75) is 38.3 Å². The van der Waals surface area contributed by atoms with Gasteiger partial charge in [0.05, 0.1) is 0 Å². The molecule has 1 unspecified atom stereocenters. The fraction of sp³-hybridized carbons (Fsp3) is 0.500. The van der Waals surface area contributed by atoms with E-state index in [0.29, 0.717) is 4.47 Å². The van der Waals surface area contributed by atoms with Gasteiger partial charge in [-0.2, -0.15) is 0 Å². The lowest BCUT2D eigenvalue weighted by atomic mass is 9.90. The fourth-order valence-electron chi connectivity index (χ4n) is 1.81. The van der Waals surface area contributed by atoms with Crippen LogP contribution in [0.15, 0.2) is 22.7 Å². The zero-order valence-corrected chi connectivity index (χ0v) is 14.0. The van der Waals surface area contributed by atoms with E-state index in [1.807, 2.05) is 5.32 Å². The van der Waals surface area contributed by atoms with Crippen molar-refractivity contribution in [3.8, 4) is 0 Å². The van der Waals surface area contributed by atoms with Gasteiger partial charge in [-0.1, -0.05) is 15.9 Å². The third-order valence-electron chi connectivity index (χ3n) is 2.83. The number of carbonyl (C=O) groups excluding carboxylic acids is 1. The summed E-state index contributed by atoms with van der Waals surface area (Å²) < 4.78 is 46.6. The Kier molecular flexibility index (Phi) is 5.86. The van der Waals surface area contributed by atoms with Crippen LogP contribution in [0.4, 0.5) is 18.0 Å². The first-order chi connectivity index (χ1) is 10.0. The van der Waals surface area contributed by atoms with Gasteiger partial charge < -0.3 is 15.8 Å². The number of nitrogens with one attached hydrogen (secondary N) is 1. The zero-order chi connectivity index (χ0) is 17.1. The van der Waals surface area contributed by atoms with E-state index in [2.05, 4.69) is 15.9 Å². The van der Waals surface area contributed by atoms with Crippen molar-refractivity contribution in [3.63, 3.8) is 0 Å². The minimum Gasteiger partial charge on any atom is -0.444 e. The maximum Gasteiger partial charge on any atom is 0.408 e. The Morgan fingerprint density at radius 3 is 2.45 bits per heavy atom. The third-order valence-corrected chi connectivity index (χ3v) is 3.32. The van der Waals surface area contributed by atoms with E-state index in [4.69, 9.17) is 10.5 Å². The van der Waals surface area contributed by atoms with E-state index in [-0.39, 0.29) is 0 Å². The van der Waals surface area contributed by atoms with Crippen molar-refractivity contribution in [1.29, 1.82) is 0 Å². The summed E-state index contributed by atoms with van der Waals surface area (Å²) in [6, 6.07) is 3.54. The highest BCUT2D eigenvalue weighted by Crippen LogP contribution is 2.32. The molecular formula is C14H18BrF3N2O2. The van der Waals surface area contributed by atoms with Gasteiger partial charge in [0.2, 0.25) is 0 Å². The van der Waals surface area contributed by atoms with Gasteiger partial charge in [-0.25, -0.2) is 18.0 Å². The van der Waals surface area contributed by atoms with E-state index < -0.39 is 41.6 Å². The summed E-state index contributed by atoms with van der Waals surface area (Å²) in [4.78, 5) is 11.9. The largest absolute Gasteiger partial charge is 0.444 e. The molecule has 1 aromatic rings. The number of alkyl halides is 2. The second-order valence-electron chi connectivity index (χ2n) is 5.73. The molecule has 0 saturated heterocycles. The molecule has 0 aliphatic heterocycles. The van der Waals surface area contributed by atoms with Gasteiger partial charge in [-0.05, 0) is 39.0 Å². The van der Waals surface area contributed by atoms with E-state index in [1.54, 1.807) is 20.8 Å². The van der Waals surface area contributed by atoms with Crippen molar-refractivity contribution < 1.29 is 22.7 Å². The number of rotatable bonds is 4. The highest BCUT2D eigenvalue weighted by atomic mass is 79.9. The number of hydrogen-bond donors (Lipinski definition) is 2. The molecule has 4 nitrogen and oxygen atoms in total. The molecule has 1 atom stereocenters. The highest BCUT2D eigenvalue weighted by molar-refractivity contribution is 9.10. The minimum atomic E-state index is -3.13. The van der Waals surface area contributed by atoms with Gasteiger partial charge in [0.15, 0.2) is 0 Å². The number of hydrogen-bond acceptors (Lipinski definition) is 3. The molecule has 0 aliphatic carbocycles. The molecule has 0 spiro atoms. The summed E-state index contributed by atoms with van der Waals surface area (Å²) in [5, 5.41) is 2.02. The molecule has 0 heterocycles. The average molecular weight is 383 g/mol. The Balaban J connectivity index is 3.26. The van der Waals surface area contributed by atoms with Crippen LogP contribution in [0.3, 0.4) is 0 Å². The summed E-state index contributed by atoms with van der Waals surface area (Å²) in [7, 11) is 0. The summed E-state index contributed by atoms with van der Waals surface area (Å²) in [6.45, 7) is 4.05. The molecule has 1 amide bonds. The van der Waals surface area contributed by atoms with E-state index in [1.165, 1.54) is 6.07 Å². The van der Waals surface area contributed by atoms with E-state index >= 15 is 0 Å². The normalized spacial score (nSPS) is 14.6. The predicted octanol–water partition coefficient (Wildman–Crippen LogP) is 3.53. The molecule has 3 N–H and O–H groups in total. The number of nitrogens with two attached hydrogens (primary N) is 1. The second-order valence-corrected chi connectivity index (χ2v) is 6.64. The molecule has 22 heavy (non-hydrogen) atoms. The quantitative estimate of drug-likeness (QED) is 0.836. The topological polar surface area (TPSA) is 64.3 Å². The molecular weight excluding hydrogens is 365 g/mol. The van der Waals surface area contributed by atoms with Crippen LogP contribution in [0, 0.1) is 5.82 Å². The van der Waals surface area contributed by atoms with Crippen LogP contribution in [-0.4, -0.2) is 24.7 Å². The molecule has 8 heteroatoms. The van der Waals surface area contributed by atoms with Gasteiger partial charge in [0, 0.05) is 16.6 Å². The van der Waals surface area contributed by atoms with Gasteiger partial charge in [-0.15, -0.1) is 0 Å². The van der Waals surface area contributed by atoms with Crippen molar-refractivity contribution in [1.82, 2.24) is 5.32 Å². The van der Waals surface area contributed by atoms with Gasteiger partial charge in [0.25, 0.3) is 6.43 Å².